The van der Waals surface area contributed by atoms with Crippen LogP contribution in [0.15, 0.2) is 29.1 Å². The molecule has 22 heavy (non-hydrogen) atoms. The van der Waals surface area contributed by atoms with E-state index in [0.717, 1.165) is 12.8 Å². The number of fused-ring (bicyclic) bond motifs is 1. The van der Waals surface area contributed by atoms with Gasteiger partial charge < -0.3 is 4.90 Å². The van der Waals surface area contributed by atoms with Crippen molar-refractivity contribution in [2.24, 2.45) is 5.92 Å². The van der Waals surface area contributed by atoms with E-state index >= 15 is 0 Å². The molecule has 0 bridgehead atoms. The SMILES string of the molecule is CC(C1CC1)N(C(=O)c1n[nH]c2ccccc2c1=O)C1CC1. The van der Waals surface area contributed by atoms with Crippen molar-refractivity contribution in [1.82, 2.24) is 15.1 Å². The topological polar surface area (TPSA) is 66.1 Å². The zero-order valence-electron chi connectivity index (χ0n) is 12.6. The molecule has 2 aliphatic rings. The number of nitrogens with zero attached hydrogens (tertiary/aromatic N) is 2. The molecule has 1 aromatic heterocycles. The van der Waals surface area contributed by atoms with Crippen molar-refractivity contribution in [1.29, 1.82) is 0 Å². The average Bonchev–Trinajstić information content (AvgIpc) is 3.39. The molecule has 1 heterocycles. The molecule has 2 aromatic rings. The van der Waals surface area contributed by atoms with Crippen LogP contribution in [0.2, 0.25) is 0 Å². The standard InChI is InChI=1S/C17H19N3O2/c1-10(11-6-7-11)20(12-8-9-12)17(22)15-16(21)13-4-2-3-5-14(13)18-19-15/h2-5,10-12H,6-9H2,1H3,(H,18,21). The third kappa shape index (κ3) is 2.21. The van der Waals surface area contributed by atoms with Crippen LogP contribution >= 0.6 is 0 Å². The minimum absolute atomic E-state index is 0.0260. The average molecular weight is 297 g/mol. The van der Waals surface area contributed by atoms with Crippen molar-refractivity contribution in [3.8, 4) is 0 Å². The smallest absolute Gasteiger partial charge is 0.278 e. The molecule has 1 amide bonds. The number of nitrogens with one attached hydrogen (secondary N) is 1. The first-order valence-electron chi connectivity index (χ1n) is 7.97. The van der Waals surface area contributed by atoms with Crippen molar-refractivity contribution in [3.05, 3.63) is 40.2 Å². The van der Waals surface area contributed by atoms with Crippen LogP contribution in [0.4, 0.5) is 0 Å². The van der Waals surface area contributed by atoms with Gasteiger partial charge in [-0.1, -0.05) is 12.1 Å². The quantitative estimate of drug-likeness (QED) is 0.942. The van der Waals surface area contributed by atoms with Crippen LogP contribution in [-0.2, 0) is 0 Å². The largest absolute Gasteiger partial charge is 0.331 e. The number of rotatable bonds is 4. The molecule has 2 fully saturated rings. The van der Waals surface area contributed by atoms with Gasteiger partial charge in [0.1, 0.15) is 0 Å². The molecular formula is C17H19N3O2. The third-order valence-electron chi connectivity index (χ3n) is 4.80. The van der Waals surface area contributed by atoms with Gasteiger partial charge in [0.25, 0.3) is 5.91 Å². The van der Waals surface area contributed by atoms with Crippen LogP contribution in [0, 0.1) is 5.92 Å². The van der Waals surface area contributed by atoms with Crippen LogP contribution in [0.3, 0.4) is 0 Å². The first kappa shape index (κ1) is 13.5. The van der Waals surface area contributed by atoms with Crippen molar-refractivity contribution in [2.45, 2.75) is 44.7 Å². The third-order valence-corrected chi connectivity index (χ3v) is 4.80. The Kier molecular flexibility index (Phi) is 3.03. The van der Waals surface area contributed by atoms with Crippen LogP contribution in [0.1, 0.15) is 43.1 Å². The summed E-state index contributed by atoms with van der Waals surface area (Å²) in [6, 6.07) is 7.66. The Labute approximate surface area is 128 Å². The summed E-state index contributed by atoms with van der Waals surface area (Å²) in [6.07, 6.45) is 4.43. The summed E-state index contributed by atoms with van der Waals surface area (Å²) in [5.74, 6) is 0.373. The minimum atomic E-state index is -0.270. The van der Waals surface area contributed by atoms with Crippen LogP contribution < -0.4 is 5.43 Å². The Hall–Kier alpha value is -2.17. The number of aromatic amines is 1. The fourth-order valence-electron chi connectivity index (χ4n) is 3.18. The zero-order chi connectivity index (χ0) is 15.3. The van der Waals surface area contributed by atoms with Gasteiger partial charge in [0.05, 0.1) is 5.52 Å². The molecule has 4 rings (SSSR count). The summed E-state index contributed by atoms with van der Waals surface area (Å²) < 4.78 is 0. The van der Waals surface area contributed by atoms with E-state index in [1.54, 1.807) is 18.2 Å². The molecule has 2 saturated carbocycles. The lowest BCUT2D eigenvalue weighted by atomic mass is 10.1. The summed E-state index contributed by atoms with van der Waals surface area (Å²) in [4.78, 5) is 27.4. The van der Waals surface area contributed by atoms with Gasteiger partial charge >= 0.3 is 0 Å². The lowest BCUT2D eigenvalue weighted by Gasteiger charge is -2.29. The highest BCUT2D eigenvalue weighted by Crippen LogP contribution is 2.40. The molecule has 0 saturated heterocycles. The molecule has 1 aromatic carbocycles. The van der Waals surface area contributed by atoms with Gasteiger partial charge in [-0.15, -0.1) is 0 Å². The van der Waals surface area contributed by atoms with Crippen LogP contribution in [0.25, 0.3) is 10.9 Å². The molecule has 0 radical (unpaired) electrons. The fourth-order valence-corrected chi connectivity index (χ4v) is 3.18. The molecule has 5 heteroatoms. The number of aromatic nitrogens is 2. The van der Waals surface area contributed by atoms with Gasteiger partial charge in [-0.3, -0.25) is 14.7 Å². The molecule has 0 spiro atoms. The van der Waals surface area contributed by atoms with Crippen molar-refractivity contribution >= 4 is 16.8 Å². The first-order valence-corrected chi connectivity index (χ1v) is 7.97. The van der Waals surface area contributed by atoms with Crippen LogP contribution in [-0.4, -0.2) is 33.1 Å². The predicted octanol–water partition coefficient (Wildman–Crippen LogP) is 2.33. The van der Waals surface area contributed by atoms with E-state index in [0.29, 0.717) is 16.8 Å². The second-order valence-electron chi connectivity index (χ2n) is 6.47. The molecular weight excluding hydrogens is 278 g/mol. The number of H-pyrrole nitrogens is 1. The molecule has 0 aliphatic heterocycles. The Bertz CT molecular complexity index is 790. The number of carbonyl (C=O) groups excluding carboxylic acids is 1. The Morgan fingerprint density at radius 3 is 2.68 bits per heavy atom. The number of carbonyl (C=O) groups is 1. The van der Waals surface area contributed by atoms with E-state index in [1.165, 1.54) is 12.8 Å². The predicted molar refractivity (Wildman–Crippen MR) is 83.7 cm³/mol. The van der Waals surface area contributed by atoms with Crippen LogP contribution in [0.5, 0.6) is 0 Å². The lowest BCUT2D eigenvalue weighted by molar-refractivity contribution is 0.0645. The first-order chi connectivity index (χ1) is 10.7. The second-order valence-corrected chi connectivity index (χ2v) is 6.47. The summed E-state index contributed by atoms with van der Waals surface area (Å²) in [5, 5.41) is 7.44. The number of amides is 1. The van der Waals surface area contributed by atoms with E-state index in [9.17, 15) is 9.59 Å². The summed E-state index contributed by atoms with van der Waals surface area (Å²) in [7, 11) is 0. The van der Waals surface area contributed by atoms with Gasteiger partial charge in [0, 0.05) is 17.5 Å². The summed E-state index contributed by atoms with van der Waals surface area (Å²) in [6.45, 7) is 2.10. The number of hydrogen-bond donors (Lipinski definition) is 1. The molecule has 1 N–H and O–H groups in total. The zero-order valence-corrected chi connectivity index (χ0v) is 12.6. The van der Waals surface area contributed by atoms with E-state index < -0.39 is 0 Å². The molecule has 1 unspecified atom stereocenters. The Balaban J connectivity index is 1.75. The summed E-state index contributed by atoms with van der Waals surface area (Å²) >= 11 is 0. The fraction of sp³-hybridized carbons (Fsp3) is 0.471. The van der Waals surface area contributed by atoms with Crippen molar-refractivity contribution in [2.75, 3.05) is 0 Å². The number of benzene rings is 1. The number of para-hydroxylation sites is 1. The van der Waals surface area contributed by atoms with E-state index in [2.05, 4.69) is 17.1 Å². The molecule has 114 valence electrons. The molecule has 2 aliphatic carbocycles. The lowest BCUT2D eigenvalue weighted by Crippen LogP contribution is -2.44. The minimum Gasteiger partial charge on any atom is -0.331 e. The van der Waals surface area contributed by atoms with E-state index in [4.69, 9.17) is 0 Å². The highest BCUT2D eigenvalue weighted by molar-refractivity contribution is 5.95. The maximum atomic E-state index is 12.9. The van der Waals surface area contributed by atoms with Gasteiger partial charge in [-0.2, -0.15) is 5.10 Å². The van der Waals surface area contributed by atoms with Gasteiger partial charge in [-0.05, 0) is 50.7 Å². The highest BCUT2D eigenvalue weighted by Gasteiger charge is 2.42. The normalized spacial score (nSPS) is 19.1. The van der Waals surface area contributed by atoms with Gasteiger partial charge in [-0.25, -0.2) is 0 Å². The maximum absolute atomic E-state index is 12.9. The monoisotopic (exact) mass is 297 g/mol. The Morgan fingerprint density at radius 1 is 1.27 bits per heavy atom. The van der Waals surface area contributed by atoms with Gasteiger partial charge in [0.15, 0.2) is 5.69 Å². The second kappa shape index (κ2) is 4.93. The molecule has 1 atom stereocenters. The highest BCUT2D eigenvalue weighted by atomic mass is 16.2. The molecule has 5 nitrogen and oxygen atoms in total. The van der Waals surface area contributed by atoms with Crippen molar-refractivity contribution < 1.29 is 4.79 Å². The summed E-state index contributed by atoms with van der Waals surface area (Å²) in [5.41, 5.74) is 0.420. The number of hydrogen-bond acceptors (Lipinski definition) is 3. The van der Waals surface area contributed by atoms with Gasteiger partial charge in [0.2, 0.25) is 5.43 Å². The van der Waals surface area contributed by atoms with Crippen molar-refractivity contribution in [3.63, 3.8) is 0 Å². The maximum Gasteiger partial charge on any atom is 0.278 e. The van der Waals surface area contributed by atoms with E-state index in [-0.39, 0.29) is 29.1 Å². The van der Waals surface area contributed by atoms with E-state index in [1.807, 2.05) is 11.0 Å². The Morgan fingerprint density at radius 2 is 2.00 bits per heavy atom.